The molecule has 122 valence electrons. The van der Waals surface area contributed by atoms with E-state index in [0.29, 0.717) is 5.75 Å². The maximum absolute atomic E-state index is 12.2. The monoisotopic (exact) mass is 338 g/mol. The summed E-state index contributed by atoms with van der Waals surface area (Å²) in [5.41, 5.74) is 1.99. The molecule has 0 aliphatic rings. The van der Waals surface area contributed by atoms with E-state index >= 15 is 0 Å². The van der Waals surface area contributed by atoms with Gasteiger partial charge in [-0.3, -0.25) is 4.79 Å². The molecule has 0 saturated heterocycles. The summed E-state index contributed by atoms with van der Waals surface area (Å²) in [5.74, 6) is 0.319. The van der Waals surface area contributed by atoms with Crippen LogP contribution in [0.5, 0.6) is 0 Å². The van der Waals surface area contributed by atoms with Crippen molar-refractivity contribution in [1.82, 2.24) is 20.1 Å². The lowest BCUT2D eigenvalue weighted by atomic mass is 10.1. The van der Waals surface area contributed by atoms with Crippen molar-refractivity contribution in [1.29, 1.82) is 0 Å². The number of rotatable bonds is 6. The van der Waals surface area contributed by atoms with E-state index in [0.717, 1.165) is 16.3 Å². The molecular weight excluding hydrogens is 320 g/mol. The fourth-order valence-electron chi connectivity index (χ4n) is 2.41. The van der Waals surface area contributed by atoms with Crippen molar-refractivity contribution in [3.05, 3.63) is 72.7 Å². The molecule has 0 bridgehead atoms. The molecule has 2 heterocycles. The Bertz CT molecular complexity index is 790. The van der Waals surface area contributed by atoms with Crippen molar-refractivity contribution in [3.8, 4) is 5.69 Å². The Hall–Kier alpha value is -2.60. The zero-order valence-corrected chi connectivity index (χ0v) is 14.1. The van der Waals surface area contributed by atoms with Crippen LogP contribution in [0, 0.1) is 0 Å². The minimum Gasteiger partial charge on any atom is -0.349 e. The van der Waals surface area contributed by atoms with E-state index < -0.39 is 0 Å². The number of benzene rings is 1. The highest BCUT2D eigenvalue weighted by Gasteiger charge is 2.14. The number of pyridine rings is 1. The van der Waals surface area contributed by atoms with Crippen LogP contribution < -0.4 is 5.32 Å². The Labute approximate surface area is 145 Å². The van der Waals surface area contributed by atoms with Gasteiger partial charge >= 0.3 is 0 Å². The third-order valence-corrected chi connectivity index (χ3v) is 4.46. The predicted octanol–water partition coefficient (Wildman–Crippen LogP) is 3.24. The van der Waals surface area contributed by atoms with Crippen molar-refractivity contribution < 1.29 is 4.79 Å². The van der Waals surface area contributed by atoms with Crippen molar-refractivity contribution in [2.45, 2.75) is 18.0 Å². The Balaban J connectivity index is 1.65. The number of carbonyl (C=O) groups excluding carboxylic acids is 1. The standard InChI is InChI=1S/C18H18N4OS/c1-14(21-17(23)13-24-18-9-4-5-10-19-18)15-7-2-3-8-16(15)22-12-6-11-20-22/h2-12,14H,13H2,1H3,(H,21,23)/t14-/m0/s1. The summed E-state index contributed by atoms with van der Waals surface area (Å²) in [6.07, 6.45) is 5.36. The number of para-hydroxylation sites is 1. The number of carbonyl (C=O) groups is 1. The Morgan fingerprint density at radius 1 is 1.17 bits per heavy atom. The zero-order valence-electron chi connectivity index (χ0n) is 13.3. The third-order valence-electron chi connectivity index (χ3n) is 3.52. The molecule has 1 N–H and O–H groups in total. The van der Waals surface area contributed by atoms with E-state index in [1.54, 1.807) is 17.1 Å². The number of thioether (sulfide) groups is 1. The molecule has 0 unspecified atom stereocenters. The van der Waals surface area contributed by atoms with Gasteiger partial charge in [0.15, 0.2) is 0 Å². The van der Waals surface area contributed by atoms with Crippen molar-refractivity contribution in [2.75, 3.05) is 5.75 Å². The molecule has 0 radical (unpaired) electrons. The average molecular weight is 338 g/mol. The van der Waals surface area contributed by atoms with Crippen molar-refractivity contribution in [2.24, 2.45) is 0 Å². The first-order chi connectivity index (χ1) is 11.7. The smallest absolute Gasteiger partial charge is 0.230 e. The second-order valence-electron chi connectivity index (χ2n) is 5.26. The third kappa shape index (κ3) is 4.02. The predicted molar refractivity (Wildman–Crippen MR) is 95.1 cm³/mol. The van der Waals surface area contributed by atoms with Crippen LogP contribution in [0.3, 0.4) is 0 Å². The van der Waals surface area contributed by atoms with Crippen LogP contribution >= 0.6 is 11.8 Å². The molecule has 3 rings (SSSR count). The van der Waals surface area contributed by atoms with Crippen LogP contribution in [0.2, 0.25) is 0 Å². The molecule has 24 heavy (non-hydrogen) atoms. The lowest BCUT2D eigenvalue weighted by Crippen LogP contribution is -2.29. The van der Waals surface area contributed by atoms with E-state index in [1.807, 2.05) is 61.7 Å². The van der Waals surface area contributed by atoms with Gasteiger partial charge in [0, 0.05) is 18.6 Å². The first-order valence-corrected chi connectivity index (χ1v) is 8.65. The van der Waals surface area contributed by atoms with Crippen LogP contribution in [-0.2, 0) is 4.79 Å². The van der Waals surface area contributed by atoms with Gasteiger partial charge in [-0.2, -0.15) is 5.10 Å². The van der Waals surface area contributed by atoms with Crippen molar-refractivity contribution >= 4 is 17.7 Å². The molecule has 1 amide bonds. The molecule has 3 aromatic rings. The molecule has 0 aliphatic heterocycles. The van der Waals surface area contributed by atoms with E-state index in [1.165, 1.54) is 11.8 Å². The van der Waals surface area contributed by atoms with Gasteiger partial charge in [-0.1, -0.05) is 36.0 Å². The number of hydrogen-bond donors (Lipinski definition) is 1. The molecule has 0 spiro atoms. The van der Waals surface area contributed by atoms with E-state index in [2.05, 4.69) is 15.4 Å². The molecule has 0 saturated carbocycles. The lowest BCUT2D eigenvalue weighted by Gasteiger charge is -2.18. The van der Waals surface area contributed by atoms with Crippen molar-refractivity contribution in [3.63, 3.8) is 0 Å². The maximum atomic E-state index is 12.2. The summed E-state index contributed by atoms with van der Waals surface area (Å²) in [6, 6.07) is 15.4. The molecule has 1 aromatic carbocycles. The van der Waals surface area contributed by atoms with Gasteiger partial charge in [0.1, 0.15) is 0 Å². The number of hydrogen-bond acceptors (Lipinski definition) is 4. The topological polar surface area (TPSA) is 59.8 Å². The lowest BCUT2D eigenvalue weighted by molar-refractivity contribution is -0.119. The number of aromatic nitrogens is 3. The maximum Gasteiger partial charge on any atom is 0.230 e. The van der Waals surface area contributed by atoms with E-state index in [-0.39, 0.29) is 11.9 Å². The quantitative estimate of drug-likeness (QED) is 0.701. The fraction of sp³-hybridized carbons (Fsp3) is 0.167. The van der Waals surface area contributed by atoms with Gasteiger partial charge in [0.2, 0.25) is 5.91 Å². The summed E-state index contributed by atoms with van der Waals surface area (Å²) in [7, 11) is 0. The second-order valence-corrected chi connectivity index (χ2v) is 6.25. The zero-order chi connectivity index (χ0) is 16.8. The molecular formula is C18H18N4OS. The Kier molecular flexibility index (Phi) is 5.28. The van der Waals surface area contributed by atoms with E-state index in [9.17, 15) is 4.79 Å². The van der Waals surface area contributed by atoms with Gasteiger partial charge < -0.3 is 5.32 Å². The number of amides is 1. The normalized spacial score (nSPS) is 11.9. The highest BCUT2D eigenvalue weighted by Crippen LogP contribution is 2.21. The minimum absolute atomic E-state index is 0.0200. The highest BCUT2D eigenvalue weighted by atomic mass is 32.2. The Morgan fingerprint density at radius 2 is 2.00 bits per heavy atom. The van der Waals surface area contributed by atoms with Gasteiger partial charge in [-0.15, -0.1) is 0 Å². The summed E-state index contributed by atoms with van der Waals surface area (Å²) >= 11 is 1.43. The van der Waals surface area contributed by atoms with Crippen LogP contribution in [0.25, 0.3) is 5.69 Å². The fourth-order valence-corrected chi connectivity index (χ4v) is 3.08. The number of nitrogens with zero attached hydrogens (tertiary/aromatic N) is 3. The van der Waals surface area contributed by atoms with E-state index in [4.69, 9.17) is 0 Å². The highest BCUT2D eigenvalue weighted by molar-refractivity contribution is 7.99. The second kappa shape index (κ2) is 7.79. The first kappa shape index (κ1) is 16.3. The summed E-state index contributed by atoms with van der Waals surface area (Å²) in [4.78, 5) is 16.4. The first-order valence-electron chi connectivity index (χ1n) is 7.66. The SMILES string of the molecule is C[C@H](NC(=O)CSc1ccccn1)c1ccccc1-n1cccn1. The summed E-state index contributed by atoms with van der Waals surface area (Å²) in [5, 5.41) is 8.16. The summed E-state index contributed by atoms with van der Waals surface area (Å²) < 4.78 is 1.81. The molecule has 5 nitrogen and oxygen atoms in total. The molecule has 2 aromatic heterocycles. The van der Waals surface area contributed by atoms with Gasteiger partial charge in [-0.25, -0.2) is 9.67 Å². The summed E-state index contributed by atoms with van der Waals surface area (Å²) in [6.45, 7) is 1.98. The number of nitrogens with one attached hydrogen (secondary N) is 1. The molecule has 0 aliphatic carbocycles. The minimum atomic E-state index is -0.109. The average Bonchev–Trinajstić information content (AvgIpc) is 3.15. The molecule has 1 atom stereocenters. The Morgan fingerprint density at radius 3 is 2.75 bits per heavy atom. The molecule has 6 heteroatoms. The van der Waals surface area contributed by atoms with Crippen LogP contribution in [0.4, 0.5) is 0 Å². The van der Waals surface area contributed by atoms with Crippen LogP contribution in [0.15, 0.2) is 72.1 Å². The van der Waals surface area contributed by atoms with Gasteiger partial charge in [-0.05, 0) is 36.8 Å². The van der Waals surface area contributed by atoms with Crippen LogP contribution in [-0.4, -0.2) is 26.4 Å². The largest absolute Gasteiger partial charge is 0.349 e. The molecule has 0 fully saturated rings. The van der Waals surface area contributed by atoms with Gasteiger partial charge in [0.05, 0.1) is 22.5 Å². The van der Waals surface area contributed by atoms with Gasteiger partial charge in [0.25, 0.3) is 0 Å². The van der Waals surface area contributed by atoms with Crippen LogP contribution in [0.1, 0.15) is 18.5 Å².